The average molecular weight is 234 g/mol. The Morgan fingerprint density at radius 1 is 1.47 bits per heavy atom. The van der Waals surface area contributed by atoms with E-state index in [4.69, 9.17) is 16.0 Å². The molecule has 0 spiro atoms. The summed E-state index contributed by atoms with van der Waals surface area (Å²) in [5.74, 6) is 7.44. The van der Waals surface area contributed by atoms with Crippen molar-refractivity contribution in [2.45, 2.75) is 6.54 Å². The molecule has 7 heteroatoms. The summed E-state index contributed by atoms with van der Waals surface area (Å²) in [6.07, 6.45) is 1.63. The molecule has 2 aromatic heterocycles. The fraction of sp³-hybridized carbons (Fsp3) is 0.200. The number of aromatic nitrogens is 2. The molecule has 7 nitrogen and oxygen atoms in total. The third-order valence-corrected chi connectivity index (χ3v) is 2.24. The van der Waals surface area contributed by atoms with Gasteiger partial charge in [-0.1, -0.05) is 0 Å². The van der Waals surface area contributed by atoms with Crippen LogP contribution in [0, 0.1) is 0 Å². The van der Waals surface area contributed by atoms with Gasteiger partial charge in [-0.2, -0.15) is 9.97 Å². The van der Waals surface area contributed by atoms with Gasteiger partial charge >= 0.3 is 0 Å². The summed E-state index contributed by atoms with van der Waals surface area (Å²) in [4.78, 5) is 9.92. The second kappa shape index (κ2) is 4.71. The highest BCUT2D eigenvalue weighted by molar-refractivity contribution is 5.51. The summed E-state index contributed by atoms with van der Waals surface area (Å²) >= 11 is 0. The third kappa shape index (κ3) is 2.64. The van der Waals surface area contributed by atoms with Crippen molar-refractivity contribution in [1.29, 1.82) is 0 Å². The highest BCUT2D eigenvalue weighted by Crippen LogP contribution is 2.17. The van der Waals surface area contributed by atoms with Gasteiger partial charge in [0.2, 0.25) is 5.95 Å². The number of hydrazine groups is 1. The van der Waals surface area contributed by atoms with E-state index in [1.807, 2.05) is 24.1 Å². The molecule has 0 bridgehead atoms. The van der Waals surface area contributed by atoms with Gasteiger partial charge in [0.1, 0.15) is 17.4 Å². The van der Waals surface area contributed by atoms with Crippen LogP contribution in [0.15, 0.2) is 28.9 Å². The van der Waals surface area contributed by atoms with E-state index in [9.17, 15) is 0 Å². The van der Waals surface area contributed by atoms with Crippen LogP contribution in [0.4, 0.5) is 17.6 Å². The maximum atomic E-state index is 5.58. The first-order valence-electron chi connectivity index (χ1n) is 5.03. The maximum Gasteiger partial charge on any atom is 0.223 e. The van der Waals surface area contributed by atoms with Gasteiger partial charge in [0.25, 0.3) is 0 Å². The summed E-state index contributed by atoms with van der Waals surface area (Å²) in [5.41, 5.74) is 8.02. The zero-order valence-electron chi connectivity index (χ0n) is 9.42. The fourth-order valence-corrected chi connectivity index (χ4v) is 1.44. The number of furan rings is 1. The molecule has 17 heavy (non-hydrogen) atoms. The summed E-state index contributed by atoms with van der Waals surface area (Å²) in [6.45, 7) is 0.591. The number of nitrogen functional groups attached to an aromatic ring is 2. The summed E-state index contributed by atoms with van der Waals surface area (Å²) in [7, 11) is 1.88. The quantitative estimate of drug-likeness (QED) is 0.524. The van der Waals surface area contributed by atoms with Gasteiger partial charge in [0, 0.05) is 13.1 Å². The van der Waals surface area contributed by atoms with Crippen LogP contribution in [0.1, 0.15) is 5.76 Å². The van der Waals surface area contributed by atoms with Gasteiger partial charge in [-0.3, -0.25) is 0 Å². The number of rotatable bonds is 4. The Balaban J connectivity index is 2.18. The first kappa shape index (κ1) is 11.2. The first-order valence-corrected chi connectivity index (χ1v) is 5.03. The third-order valence-electron chi connectivity index (χ3n) is 2.24. The number of hydrogen-bond donors (Lipinski definition) is 3. The molecule has 0 aliphatic rings. The lowest BCUT2D eigenvalue weighted by Gasteiger charge is -2.17. The minimum atomic E-state index is 0.168. The SMILES string of the molecule is CN(Cc1ccco1)c1cc(NN)nc(N)n1. The summed E-state index contributed by atoms with van der Waals surface area (Å²) < 4.78 is 5.26. The van der Waals surface area contributed by atoms with Crippen molar-refractivity contribution in [2.24, 2.45) is 5.84 Å². The van der Waals surface area contributed by atoms with E-state index in [1.165, 1.54) is 0 Å². The Kier molecular flexibility index (Phi) is 3.10. The number of nitrogens with zero attached hydrogens (tertiary/aromatic N) is 3. The molecule has 0 unspecified atom stereocenters. The highest BCUT2D eigenvalue weighted by atomic mass is 16.3. The van der Waals surface area contributed by atoms with Crippen molar-refractivity contribution in [3.05, 3.63) is 30.2 Å². The van der Waals surface area contributed by atoms with Crippen LogP contribution in [0.25, 0.3) is 0 Å². The molecule has 5 N–H and O–H groups in total. The molecule has 0 aliphatic heterocycles. The van der Waals surface area contributed by atoms with Crippen LogP contribution in [0.5, 0.6) is 0 Å². The largest absolute Gasteiger partial charge is 0.467 e. The van der Waals surface area contributed by atoms with Crippen molar-refractivity contribution < 1.29 is 4.42 Å². The van der Waals surface area contributed by atoms with Crippen molar-refractivity contribution in [1.82, 2.24) is 9.97 Å². The van der Waals surface area contributed by atoms with Gasteiger partial charge in [0.05, 0.1) is 12.8 Å². The normalized spacial score (nSPS) is 10.2. The Morgan fingerprint density at radius 2 is 2.29 bits per heavy atom. The monoisotopic (exact) mass is 234 g/mol. The number of hydrogen-bond acceptors (Lipinski definition) is 7. The molecule has 2 heterocycles. The second-order valence-corrected chi connectivity index (χ2v) is 3.55. The molecule has 0 amide bonds. The molecule has 0 aromatic carbocycles. The molecule has 0 aliphatic carbocycles. The van der Waals surface area contributed by atoms with Crippen molar-refractivity contribution >= 4 is 17.6 Å². The highest BCUT2D eigenvalue weighted by Gasteiger charge is 2.08. The topological polar surface area (TPSA) is 106 Å². The van der Waals surface area contributed by atoms with E-state index in [0.717, 1.165) is 5.76 Å². The summed E-state index contributed by atoms with van der Waals surface area (Å²) in [6, 6.07) is 5.44. The minimum Gasteiger partial charge on any atom is -0.467 e. The van der Waals surface area contributed by atoms with E-state index in [2.05, 4.69) is 15.4 Å². The number of anilines is 3. The van der Waals surface area contributed by atoms with E-state index < -0.39 is 0 Å². The molecule has 90 valence electrons. The predicted octanol–water partition coefficient (Wildman–Crippen LogP) is 0.574. The molecular weight excluding hydrogens is 220 g/mol. The Labute approximate surface area is 98.4 Å². The van der Waals surface area contributed by atoms with E-state index >= 15 is 0 Å². The van der Waals surface area contributed by atoms with Gasteiger partial charge in [-0.25, -0.2) is 5.84 Å². The fourth-order valence-electron chi connectivity index (χ4n) is 1.44. The van der Waals surface area contributed by atoms with E-state index in [-0.39, 0.29) is 5.95 Å². The zero-order valence-corrected chi connectivity index (χ0v) is 9.42. The predicted molar refractivity (Wildman–Crippen MR) is 65.1 cm³/mol. The zero-order chi connectivity index (χ0) is 12.3. The van der Waals surface area contributed by atoms with Crippen LogP contribution >= 0.6 is 0 Å². The Bertz CT molecular complexity index is 484. The Hall–Kier alpha value is -2.28. The molecule has 0 atom stereocenters. The molecular formula is C10H14N6O. The van der Waals surface area contributed by atoms with Gasteiger partial charge in [0.15, 0.2) is 0 Å². The molecule has 0 saturated heterocycles. The van der Waals surface area contributed by atoms with Crippen LogP contribution in [-0.2, 0) is 6.54 Å². The molecule has 0 saturated carbocycles. The molecule has 0 radical (unpaired) electrons. The van der Waals surface area contributed by atoms with Gasteiger partial charge in [-0.15, -0.1) is 0 Å². The van der Waals surface area contributed by atoms with E-state index in [1.54, 1.807) is 12.3 Å². The lowest BCUT2D eigenvalue weighted by atomic mass is 10.4. The van der Waals surface area contributed by atoms with E-state index in [0.29, 0.717) is 18.2 Å². The molecule has 2 rings (SSSR count). The minimum absolute atomic E-state index is 0.168. The second-order valence-electron chi connectivity index (χ2n) is 3.55. The molecule has 2 aromatic rings. The Morgan fingerprint density at radius 3 is 2.94 bits per heavy atom. The number of nitrogens with one attached hydrogen (secondary N) is 1. The maximum absolute atomic E-state index is 5.58. The van der Waals surface area contributed by atoms with Gasteiger partial charge in [-0.05, 0) is 12.1 Å². The van der Waals surface area contributed by atoms with Gasteiger partial charge < -0.3 is 20.5 Å². The standard InChI is InChI=1S/C10H14N6O/c1-16(6-7-3-2-4-17-7)9-5-8(15-12)13-10(11)14-9/h2-5H,6,12H2,1H3,(H3,11,13,14,15). The van der Waals surface area contributed by atoms with Crippen LogP contribution in [0.3, 0.4) is 0 Å². The molecule has 0 fully saturated rings. The average Bonchev–Trinajstić information content (AvgIpc) is 2.81. The van der Waals surface area contributed by atoms with Crippen molar-refractivity contribution in [3.63, 3.8) is 0 Å². The van der Waals surface area contributed by atoms with Crippen LogP contribution < -0.4 is 21.9 Å². The van der Waals surface area contributed by atoms with Crippen LogP contribution in [0.2, 0.25) is 0 Å². The first-order chi connectivity index (χ1) is 8.19. The lowest BCUT2D eigenvalue weighted by Crippen LogP contribution is -2.19. The van der Waals surface area contributed by atoms with Crippen molar-refractivity contribution in [2.75, 3.05) is 23.1 Å². The van der Waals surface area contributed by atoms with Crippen molar-refractivity contribution in [3.8, 4) is 0 Å². The summed E-state index contributed by atoms with van der Waals surface area (Å²) in [5, 5.41) is 0. The lowest BCUT2D eigenvalue weighted by molar-refractivity contribution is 0.507. The number of nitrogens with two attached hydrogens (primary N) is 2. The van der Waals surface area contributed by atoms with Crippen LogP contribution in [-0.4, -0.2) is 17.0 Å². The smallest absolute Gasteiger partial charge is 0.223 e.